The van der Waals surface area contributed by atoms with Crippen molar-refractivity contribution in [1.29, 1.82) is 0 Å². The summed E-state index contributed by atoms with van der Waals surface area (Å²) in [5.41, 5.74) is 6.59. The van der Waals surface area contributed by atoms with Crippen molar-refractivity contribution < 1.29 is 0 Å². The Bertz CT molecular complexity index is 1060. The maximum absolute atomic E-state index is 5.99. The Morgan fingerprint density at radius 3 is 2.07 bits per heavy atom. The first-order valence-electron chi connectivity index (χ1n) is 8.84. The second-order valence-corrected chi connectivity index (χ2v) is 6.94. The molecule has 0 bridgehead atoms. The van der Waals surface area contributed by atoms with E-state index in [2.05, 4.69) is 52.2 Å². The van der Waals surface area contributed by atoms with Crippen LogP contribution in [0.1, 0.15) is 17.1 Å². The lowest BCUT2D eigenvalue weighted by atomic mass is 10.2. The minimum atomic E-state index is 0.731. The van der Waals surface area contributed by atoms with E-state index in [1.165, 1.54) is 11.4 Å². The molecule has 4 rings (SSSR count). The standard InChI is InChI=1S/C23H20ClN3/c1-17-5-6-18(2)27(17)22-13-9-20(10-14-22)25-16-23-4-3-15-26(23)21-11-7-19(24)8-12-21/h3-16H,1-2H3. The Morgan fingerprint density at radius 2 is 1.41 bits per heavy atom. The first-order valence-corrected chi connectivity index (χ1v) is 9.22. The van der Waals surface area contributed by atoms with Gasteiger partial charge in [-0.2, -0.15) is 0 Å². The number of aryl methyl sites for hydroxylation is 2. The molecule has 2 aromatic carbocycles. The van der Waals surface area contributed by atoms with Gasteiger partial charge < -0.3 is 9.13 Å². The fraction of sp³-hybridized carbons (Fsp3) is 0.0870. The highest BCUT2D eigenvalue weighted by molar-refractivity contribution is 6.30. The Morgan fingerprint density at radius 1 is 0.778 bits per heavy atom. The number of rotatable bonds is 4. The van der Waals surface area contributed by atoms with E-state index < -0.39 is 0 Å². The third kappa shape index (κ3) is 3.60. The molecular formula is C23H20ClN3. The lowest BCUT2D eigenvalue weighted by molar-refractivity contribution is 0.966. The van der Waals surface area contributed by atoms with Crippen LogP contribution in [0.2, 0.25) is 5.02 Å². The maximum Gasteiger partial charge on any atom is 0.0639 e. The van der Waals surface area contributed by atoms with E-state index >= 15 is 0 Å². The minimum absolute atomic E-state index is 0.731. The highest BCUT2D eigenvalue weighted by Gasteiger charge is 2.04. The van der Waals surface area contributed by atoms with Crippen LogP contribution in [0.15, 0.2) is 84.0 Å². The van der Waals surface area contributed by atoms with E-state index in [9.17, 15) is 0 Å². The number of halogens is 1. The molecule has 0 saturated heterocycles. The number of aliphatic imine (C=N–C) groups is 1. The van der Waals surface area contributed by atoms with Crippen molar-refractivity contribution in [1.82, 2.24) is 9.13 Å². The molecule has 3 nitrogen and oxygen atoms in total. The molecule has 0 atom stereocenters. The average Bonchev–Trinajstić information content (AvgIpc) is 3.28. The van der Waals surface area contributed by atoms with Crippen LogP contribution in [0.25, 0.3) is 11.4 Å². The molecule has 4 heteroatoms. The lowest BCUT2D eigenvalue weighted by Crippen LogP contribution is -1.98. The van der Waals surface area contributed by atoms with Gasteiger partial charge in [-0.15, -0.1) is 0 Å². The minimum Gasteiger partial charge on any atom is -0.319 e. The average molecular weight is 374 g/mol. The first-order chi connectivity index (χ1) is 13.1. The van der Waals surface area contributed by atoms with Crippen LogP contribution in [0.3, 0.4) is 0 Å². The monoisotopic (exact) mass is 373 g/mol. The molecule has 0 aliphatic carbocycles. The van der Waals surface area contributed by atoms with Gasteiger partial charge in [0, 0.05) is 34.0 Å². The van der Waals surface area contributed by atoms with Crippen LogP contribution in [0, 0.1) is 13.8 Å². The maximum atomic E-state index is 5.99. The third-order valence-corrected chi connectivity index (χ3v) is 4.86. The van der Waals surface area contributed by atoms with Crippen molar-refractivity contribution in [2.75, 3.05) is 0 Å². The summed E-state index contributed by atoms with van der Waals surface area (Å²) in [5.74, 6) is 0. The normalized spacial score (nSPS) is 11.4. The van der Waals surface area contributed by atoms with E-state index in [4.69, 9.17) is 11.6 Å². The van der Waals surface area contributed by atoms with Gasteiger partial charge in [0.15, 0.2) is 0 Å². The van der Waals surface area contributed by atoms with Crippen molar-refractivity contribution in [2.24, 2.45) is 4.99 Å². The highest BCUT2D eigenvalue weighted by Crippen LogP contribution is 2.21. The summed E-state index contributed by atoms with van der Waals surface area (Å²) < 4.78 is 4.32. The predicted molar refractivity (Wildman–Crippen MR) is 113 cm³/mol. The highest BCUT2D eigenvalue weighted by atomic mass is 35.5. The molecule has 27 heavy (non-hydrogen) atoms. The quantitative estimate of drug-likeness (QED) is 0.375. The summed E-state index contributed by atoms with van der Waals surface area (Å²) >= 11 is 5.99. The summed E-state index contributed by atoms with van der Waals surface area (Å²) in [5, 5.41) is 0.731. The molecule has 0 radical (unpaired) electrons. The van der Waals surface area contributed by atoms with Crippen LogP contribution < -0.4 is 0 Å². The molecule has 0 unspecified atom stereocenters. The summed E-state index contributed by atoms with van der Waals surface area (Å²) in [7, 11) is 0. The first kappa shape index (κ1) is 17.4. The summed E-state index contributed by atoms with van der Waals surface area (Å²) in [6.07, 6.45) is 3.90. The number of hydrogen-bond acceptors (Lipinski definition) is 1. The van der Waals surface area contributed by atoms with Crippen molar-refractivity contribution in [3.8, 4) is 11.4 Å². The van der Waals surface area contributed by atoms with E-state index in [1.54, 1.807) is 0 Å². The van der Waals surface area contributed by atoms with E-state index in [1.807, 2.05) is 60.9 Å². The molecular weight excluding hydrogens is 354 g/mol. The van der Waals surface area contributed by atoms with Crippen LogP contribution in [0.5, 0.6) is 0 Å². The molecule has 4 aromatic rings. The van der Waals surface area contributed by atoms with Gasteiger partial charge in [-0.25, -0.2) is 0 Å². The van der Waals surface area contributed by atoms with Gasteiger partial charge in [0.2, 0.25) is 0 Å². The van der Waals surface area contributed by atoms with Crippen LogP contribution >= 0.6 is 11.6 Å². The summed E-state index contributed by atoms with van der Waals surface area (Å²) in [6.45, 7) is 4.23. The van der Waals surface area contributed by atoms with Crippen molar-refractivity contribution in [3.63, 3.8) is 0 Å². The van der Waals surface area contributed by atoms with Gasteiger partial charge in [-0.1, -0.05) is 11.6 Å². The lowest BCUT2D eigenvalue weighted by Gasteiger charge is -2.09. The topological polar surface area (TPSA) is 22.2 Å². The number of hydrogen-bond donors (Lipinski definition) is 0. The number of nitrogens with zero attached hydrogens (tertiary/aromatic N) is 3. The zero-order valence-corrected chi connectivity index (χ0v) is 16.1. The zero-order valence-electron chi connectivity index (χ0n) is 15.3. The molecule has 0 aliphatic heterocycles. The Balaban J connectivity index is 1.58. The molecule has 0 amide bonds. The second kappa shape index (κ2) is 7.29. The Labute approximate surface area is 164 Å². The van der Waals surface area contributed by atoms with Gasteiger partial charge in [-0.3, -0.25) is 4.99 Å². The number of aromatic nitrogens is 2. The molecule has 134 valence electrons. The van der Waals surface area contributed by atoms with Gasteiger partial charge in [-0.05, 0) is 86.6 Å². The van der Waals surface area contributed by atoms with Gasteiger partial charge >= 0.3 is 0 Å². The fourth-order valence-corrected chi connectivity index (χ4v) is 3.37. The third-order valence-electron chi connectivity index (χ3n) is 4.61. The van der Waals surface area contributed by atoms with Crippen molar-refractivity contribution in [3.05, 3.63) is 101 Å². The largest absolute Gasteiger partial charge is 0.319 e. The Hall–Kier alpha value is -3.04. The zero-order chi connectivity index (χ0) is 18.8. The summed E-state index contributed by atoms with van der Waals surface area (Å²) in [6, 6.07) is 24.4. The summed E-state index contributed by atoms with van der Waals surface area (Å²) in [4.78, 5) is 4.64. The number of benzene rings is 2. The van der Waals surface area contributed by atoms with E-state index in [0.717, 1.165) is 27.8 Å². The van der Waals surface area contributed by atoms with Crippen LogP contribution in [-0.2, 0) is 0 Å². The molecule has 2 heterocycles. The molecule has 0 fully saturated rings. The second-order valence-electron chi connectivity index (χ2n) is 6.51. The van der Waals surface area contributed by atoms with E-state index in [-0.39, 0.29) is 0 Å². The SMILES string of the molecule is Cc1ccc(C)n1-c1ccc(N=Cc2cccn2-c2ccc(Cl)cc2)cc1. The molecule has 0 saturated carbocycles. The molecule has 0 spiro atoms. The van der Waals surface area contributed by atoms with E-state index in [0.29, 0.717) is 0 Å². The van der Waals surface area contributed by atoms with Crippen LogP contribution in [0.4, 0.5) is 5.69 Å². The Kier molecular flexibility index (Phi) is 4.69. The van der Waals surface area contributed by atoms with Crippen LogP contribution in [-0.4, -0.2) is 15.3 Å². The van der Waals surface area contributed by atoms with Gasteiger partial charge in [0.05, 0.1) is 17.6 Å². The fourth-order valence-electron chi connectivity index (χ4n) is 3.24. The molecule has 0 N–H and O–H groups in total. The van der Waals surface area contributed by atoms with Crippen molar-refractivity contribution >= 4 is 23.5 Å². The van der Waals surface area contributed by atoms with Gasteiger partial charge in [0.25, 0.3) is 0 Å². The molecule has 2 aromatic heterocycles. The van der Waals surface area contributed by atoms with Crippen molar-refractivity contribution in [2.45, 2.75) is 13.8 Å². The van der Waals surface area contributed by atoms with Gasteiger partial charge in [0.1, 0.15) is 0 Å². The smallest absolute Gasteiger partial charge is 0.0639 e. The molecule has 0 aliphatic rings. The predicted octanol–water partition coefficient (Wildman–Crippen LogP) is 6.29.